The summed E-state index contributed by atoms with van der Waals surface area (Å²) in [6.07, 6.45) is 0.614. The van der Waals surface area contributed by atoms with Crippen LogP contribution in [0.4, 0.5) is 0 Å². The van der Waals surface area contributed by atoms with Crippen LogP contribution < -0.4 is 14.8 Å². The van der Waals surface area contributed by atoms with Gasteiger partial charge in [-0.25, -0.2) is 0 Å². The lowest BCUT2D eigenvalue weighted by Gasteiger charge is -2.22. The molecule has 4 nitrogen and oxygen atoms in total. The zero-order valence-electron chi connectivity index (χ0n) is 17.1. The number of amides is 1. The smallest absolute Gasteiger partial charge is 0.223 e. The van der Waals surface area contributed by atoms with Crippen molar-refractivity contribution in [1.82, 2.24) is 5.32 Å². The number of carbonyl (C=O) groups excluding carboxylic acids is 1. The molecule has 3 aromatic carbocycles. The third kappa shape index (κ3) is 5.17. The summed E-state index contributed by atoms with van der Waals surface area (Å²) in [6, 6.07) is 25.7. The fraction of sp³-hybridized carbons (Fsp3) is 0.240. The summed E-state index contributed by atoms with van der Waals surface area (Å²) in [7, 11) is 3.23. The molecule has 0 spiro atoms. The highest BCUT2D eigenvalue weighted by atomic mass is 16.5. The number of nitrogens with one attached hydrogen (secondary N) is 1. The minimum absolute atomic E-state index is 0.0116. The average Bonchev–Trinajstić information content (AvgIpc) is 2.78. The summed E-state index contributed by atoms with van der Waals surface area (Å²) in [5, 5.41) is 3.23. The van der Waals surface area contributed by atoms with E-state index in [1.807, 2.05) is 85.8 Å². The fourth-order valence-corrected chi connectivity index (χ4v) is 3.39. The number of hydrogen-bond donors (Lipinski definition) is 1. The predicted octanol–water partition coefficient (Wildman–Crippen LogP) is 4.79. The Hall–Kier alpha value is -3.27. The van der Waals surface area contributed by atoms with Crippen molar-refractivity contribution < 1.29 is 14.3 Å². The molecule has 0 aromatic heterocycles. The van der Waals surface area contributed by atoms with E-state index in [0.717, 1.165) is 16.7 Å². The molecule has 3 aromatic rings. The molecule has 1 atom stereocenters. The van der Waals surface area contributed by atoms with E-state index in [1.165, 1.54) is 0 Å². The summed E-state index contributed by atoms with van der Waals surface area (Å²) < 4.78 is 10.7. The van der Waals surface area contributed by atoms with Gasteiger partial charge in [0.1, 0.15) is 0 Å². The Labute approximate surface area is 172 Å². The monoisotopic (exact) mass is 389 g/mol. The molecule has 1 unspecified atom stereocenters. The molecule has 0 heterocycles. The zero-order valence-corrected chi connectivity index (χ0v) is 17.1. The highest BCUT2D eigenvalue weighted by molar-refractivity contribution is 5.79. The van der Waals surface area contributed by atoms with E-state index in [-0.39, 0.29) is 17.9 Å². The van der Waals surface area contributed by atoms with Crippen molar-refractivity contribution in [1.29, 1.82) is 0 Å². The van der Waals surface area contributed by atoms with E-state index < -0.39 is 0 Å². The molecule has 0 radical (unpaired) electrons. The quantitative estimate of drug-likeness (QED) is 0.603. The molecule has 29 heavy (non-hydrogen) atoms. The van der Waals surface area contributed by atoms with E-state index >= 15 is 0 Å². The number of ether oxygens (including phenoxy) is 2. The summed E-state index contributed by atoms with van der Waals surface area (Å²) in [5.41, 5.74) is 3.15. The normalized spacial score (nSPS) is 11.7. The Morgan fingerprint density at radius 1 is 0.828 bits per heavy atom. The predicted molar refractivity (Wildman–Crippen MR) is 115 cm³/mol. The molecular weight excluding hydrogens is 362 g/mol. The Bertz CT molecular complexity index is 886. The van der Waals surface area contributed by atoms with Crippen molar-refractivity contribution in [2.45, 2.75) is 19.4 Å². The molecule has 0 aliphatic rings. The van der Waals surface area contributed by atoms with Gasteiger partial charge in [0.25, 0.3) is 0 Å². The van der Waals surface area contributed by atoms with Crippen LogP contribution in [0.2, 0.25) is 0 Å². The van der Waals surface area contributed by atoms with Gasteiger partial charge in [0.05, 0.1) is 20.3 Å². The molecule has 0 aliphatic heterocycles. The van der Waals surface area contributed by atoms with Crippen LogP contribution in [0.5, 0.6) is 11.5 Å². The van der Waals surface area contributed by atoms with Crippen LogP contribution in [0.1, 0.15) is 29.7 Å². The fourth-order valence-electron chi connectivity index (χ4n) is 3.39. The lowest BCUT2D eigenvalue weighted by molar-refractivity contribution is -0.125. The number of hydrogen-bond acceptors (Lipinski definition) is 3. The first kappa shape index (κ1) is 20.5. The second kappa shape index (κ2) is 9.78. The lowest BCUT2D eigenvalue weighted by Crippen LogP contribution is -2.34. The van der Waals surface area contributed by atoms with Crippen LogP contribution in [-0.2, 0) is 11.2 Å². The van der Waals surface area contributed by atoms with Crippen LogP contribution in [0, 0.1) is 5.92 Å². The minimum atomic E-state index is -0.192. The van der Waals surface area contributed by atoms with Crippen molar-refractivity contribution in [3.63, 3.8) is 0 Å². The van der Waals surface area contributed by atoms with Gasteiger partial charge in [-0.2, -0.15) is 0 Å². The molecule has 3 rings (SSSR count). The maximum Gasteiger partial charge on any atom is 0.223 e. The standard InChI is InChI=1S/C25H27NO3/c1-18(16-19-14-15-22(28-2)23(17-19)29-3)25(27)26-24(20-10-6-4-7-11-20)21-12-8-5-9-13-21/h4-15,17-18,24H,16H2,1-3H3,(H,26,27). The first-order valence-corrected chi connectivity index (χ1v) is 9.73. The van der Waals surface area contributed by atoms with Crippen LogP contribution in [0.25, 0.3) is 0 Å². The highest BCUT2D eigenvalue weighted by Crippen LogP contribution is 2.29. The zero-order chi connectivity index (χ0) is 20.6. The Morgan fingerprint density at radius 3 is 1.90 bits per heavy atom. The number of benzene rings is 3. The van der Waals surface area contributed by atoms with E-state index in [2.05, 4.69) is 5.32 Å². The van der Waals surface area contributed by atoms with E-state index in [4.69, 9.17) is 9.47 Å². The highest BCUT2D eigenvalue weighted by Gasteiger charge is 2.21. The molecule has 1 amide bonds. The van der Waals surface area contributed by atoms with Gasteiger partial charge in [-0.1, -0.05) is 73.7 Å². The molecule has 4 heteroatoms. The largest absolute Gasteiger partial charge is 0.493 e. The summed E-state index contributed by atoms with van der Waals surface area (Å²) >= 11 is 0. The maximum atomic E-state index is 13.0. The van der Waals surface area contributed by atoms with Gasteiger partial charge in [-0.05, 0) is 35.2 Å². The van der Waals surface area contributed by atoms with E-state index in [9.17, 15) is 4.79 Å². The average molecular weight is 389 g/mol. The van der Waals surface area contributed by atoms with Crippen LogP contribution in [0.15, 0.2) is 78.9 Å². The van der Waals surface area contributed by atoms with Gasteiger partial charge in [-0.3, -0.25) is 4.79 Å². The van der Waals surface area contributed by atoms with Gasteiger partial charge in [0, 0.05) is 5.92 Å². The molecule has 0 saturated carbocycles. The van der Waals surface area contributed by atoms with E-state index in [0.29, 0.717) is 17.9 Å². The van der Waals surface area contributed by atoms with Crippen LogP contribution in [0.3, 0.4) is 0 Å². The van der Waals surface area contributed by atoms with Gasteiger partial charge in [0.15, 0.2) is 11.5 Å². The molecule has 0 bridgehead atoms. The number of carbonyl (C=O) groups is 1. The minimum Gasteiger partial charge on any atom is -0.493 e. The van der Waals surface area contributed by atoms with Gasteiger partial charge in [-0.15, -0.1) is 0 Å². The molecule has 0 fully saturated rings. The topological polar surface area (TPSA) is 47.6 Å². The number of rotatable bonds is 8. The summed E-state index contributed by atoms with van der Waals surface area (Å²) in [6.45, 7) is 1.94. The van der Waals surface area contributed by atoms with Crippen molar-refractivity contribution in [2.24, 2.45) is 5.92 Å². The van der Waals surface area contributed by atoms with Crippen molar-refractivity contribution >= 4 is 5.91 Å². The maximum absolute atomic E-state index is 13.0. The first-order valence-electron chi connectivity index (χ1n) is 9.73. The van der Waals surface area contributed by atoms with Gasteiger partial charge < -0.3 is 14.8 Å². The second-order valence-electron chi connectivity index (χ2n) is 7.06. The van der Waals surface area contributed by atoms with Crippen molar-refractivity contribution in [2.75, 3.05) is 14.2 Å². The molecule has 150 valence electrons. The summed E-state index contributed by atoms with van der Waals surface area (Å²) in [5.74, 6) is 1.17. The second-order valence-corrected chi connectivity index (χ2v) is 7.06. The van der Waals surface area contributed by atoms with Crippen molar-refractivity contribution in [3.05, 3.63) is 95.6 Å². The third-order valence-corrected chi connectivity index (χ3v) is 4.99. The van der Waals surface area contributed by atoms with Gasteiger partial charge >= 0.3 is 0 Å². The van der Waals surface area contributed by atoms with Crippen molar-refractivity contribution in [3.8, 4) is 11.5 Å². The summed E-state index contributed by atoms with van der Waals surface area (Å²) in [4.78, 5) is 13.0. The Balaban J connectivity index is 1.76. The molecular formula is C25H27NO3. The molecule has 1 N–H and O–H groups in total. The Kier molecular flexibility index (Phi) is 6.90. The van der Waals surface area contributed by atoms with Crippen LogP contribution >= 0.6 is 0 Å². The molecule has 0 saturated heterocycles. The van der Waals surface area contributed by atoms with E-state index in [1.54, 1.807) is 14.2 Å². The Morgan fingerprint density at radius 2 is 1.38 bits per heavy atom. The SMILES string of the molecule is COc1ccc(CC(C)C(=O)NC(c2ccccc2)c2ccccc2)cc1OC. The van der Waals surface area contributed by atoms with Gasteiger partial charge in [0.2, 0.25) is 5.91 Å². The molecule has 0 aliphatic carbocycles. The lowest BCUT2D eigenvalue weighted by atomic mass is 9.96. The van der Waals surface area contributed by atoms with Crippen LogP contribution in [-0.4, -0.2) is 20.1 Å². The number of methoxy groups -OCH3 is 2. The first-order chi connectivity index (χ1) is 14.1. The third-order valence-electron chi connectivity index (χ3n) is 4.99.